The van der Waals surface area contributed by atoms with Crippen LogP contribution in [0.1, 0.15) is 19.4 Å². The highest BCUT2D eigenvalue weighted by molar-refractivity contribution is 8.14. The molecule has 0 fully saturated rings. The van der Waals surface area contributed by atoms with Crippen molar-refractivity contribution in [2.24, 2.45) is 10.9 Å². The van der Waals surface area contributed by atoms with Crippen LogP contribution in [0.15, 0.2) is 23.2 Å². The summed E-state index contributed by atoms with van der Waals surface area (Å²) in [6.07, 6.45) is 0. The molecule has 1 N–H and O–H groups in total. The van der Waals surface area contributed by atoms with E-state index in [-0.39, 0.29) is 0 Å². The van der Waals surface area contributed by atoms with Crippen molar-refractivity contribution < 1.29 is 0 Å². The van der Waals surface area contributed by atoms with E-state index in [2.05, 4.69) is 63.3 Å². The van der Waals surface area contributed by atoms with Crippen LogP contribution in [0.2, 0.25) is 0 Å². The van der Waals surface area contributed by atoms with Crippen molar-refractivity contribution in [3.63, 3.8) is 0 Å². The Kier molecular flexibility index (Phi) is 4.40. The third kappa shape index (κ3) is 3.44. The van der Waals surface area contributed by atoms with E-state index >= 15 is 0 Å². The standard InChI is InChI=1S/C15H23N3S/c1-10(2)13-9-19-15(17-13)16-12-7-6-11(3)14(8-12)18(4)5/h6-8,10,13H,9H2,1-5H3,(H,16,17). The number of rotatable bonds is 3. The highest BCUT2D eigenvalue weighted by Gasteiger charge is 2.21. The summed E-state index contributed by atoms with van der Waals surface area (Å²) in [4.78, 5) is 6.87. The molecule has 0 saturated heterocycles. The smallest absolute Gasteiger partial charge is 0.161 e. The van der Waals surface area contributed by atoms with Crippen molar-refractivity contribution in [2.45, 2.75) is 26.8 Å². The Morgan fingerprint density at radius 2 is 2.11 bits per heavy atom. The van der Waals surface area contributed by atoms with E-state index in [1.165, 1.54) is 11.3 Å². The fourth-order valence-corrected chi connectivity index (χ4v) is 3.28. The van der Waals surface area contributed by atoms with Gasteiger partial charge in [0, 0.05) is 31.2 Å². The Morgan fingerprint density at radius 3 is 2.68 bits per heavy atom. The van der Waals surface area contributed by atoms with Crippen LogP contribution in [0.3, 0.4) is 0 Å². The van der Waals surface area contributed by atoms with Gasteiger partial charge in [0.1, 0.15) is 0 Å². The predicted octanol–water partition coefficient (Wildman–Crippen LogP) is 3.60. The largest absolute Gasteiger partial charge is 0.377 e. The second-order valence-electron chi connectivity index (χ2n) is 5.58. The average Bonchev–Trinajstić information content (AvgIpc) is 2.80. The summed E-state index contributed by atoms with van der Waals surface area (Å²) in [5.74, 6) is 1.70. The SMILES string of the molecule is Cc1ccc(NC2=NC(C(C)C)CS2)cc1N(C)C. The van der Waals surface area contributed by atoms with Gasteiger partial charge in [-0.15, -0.1) is 0 Å². The first-order chi connectivity index (χ1) is 8.97. The number of aryl methyl sites for hydroxylation is 1. The quantitative estimate of drug-likeness (QED) is 0.915. The van der Waals surface area contributed by atoms with E-state index in [1.807, 2.05) is 11.8 Å². The Balaban J connectivity index is 2.12. The molecule has 1 atom stereocenters. The molecular formula is C15H23N3S. The first kappa shape index (κ1) is 14.3. The lowest BCUT2D eigenvalue weighted by atomic mass is 10.1. The van der Waals surface area contributed by atoms with Gasteiger partial charge in [0.2, 0.25) is 0 Å². The summed E-state index contributed by atoms with van der Waals surface area (Å²) in [7, 11) is 4.14. The number of hydrogen-bond donors (Lipinski definition) is 1. The van der Waals surface area contributed by atoms with E-state index in [0.29, 0.717) is 12.0 Å². The van der Waals surface area contributed by atoms with Crippen LogP contribution in [0, 0.1) is 12.8 Å². The van der Waals surface area contributed by atoms with Crippen molar-refractivity contribution in [3.8, 4) is 0 Å². The van der Waals surface area contributed by atoms with E-state index < -0.39 is 0 Å². The molecule has 1 aromatic rings. The minimum absolute atomic E-state index is 0.450. The van der Waals surface area contributed by atoms with Crippen LogP contribution in [0.4, 0.5) is 11.4 Å². The average molecular weight is 277 g/mol. The van der Waals surface area contributed by atoms with Gasteiger partial charge >= 0.3 is 0 Å². The van der Waals surface area contributed by atoms with E-state index in [4.69, 9.17) is 4.99 Å². The first-order valence-corrected chi connectivity index (χ1v) is 7.71. The van der Waals surface area contributed by atoms with Gasteiger partial charge in [-0.2, -0.15) is 0 Å². The third-order valence-corrected chi connectivity index (χ3v) is 4.37. The highest BCUT2D eigenvalue weighted by Crippen LogP contribution is 2.27. The number of aliphatic imine (C=N–C) groups is 1. The summed E-state index contributed by atoms with van der Waals surface area (Å²) < 4.78 is 0. The molecule has 0 radical (unpaired) electrons. The minimum Gasteiger partial charge on any atom is -0.377 e. The monoisotopic (exact) mass is 277 g/mol. The number of anilines is 2. The Labute approximate surface area is 120 Å². The number of hydrogen-bond acceptors (Lipinski definition) is 4. The fraction of sp³-hybridized carbons (Fsp3) is 0.533. The maximum absolute atomic E-state index is 4.73. The lowest BCUT2D eigenvalue weighted by molar-refractivity contribution is 0.543. The molecule has 2 rings (SSSR count). The lowest BCUT2D eigenvalue weighted by Gasteiger charge is -2.17. The van der Waals surface area contributed by atoms with Gasteiger partial charge in [-0.3, -0.25) is 4.99 Å². The molecule has 0 aliphatic carbocycles. The van der Waals surface area contributed by atoms with E-state index in [1.54, 1.807) is 0 Å². The molecule has 0 saturated carbocycles. The number of thioether (sulfide) groups is 1. The van der Waals surface area contributed by atoms with Crippen molar-refractivity contribution in [3.05, 3.63) is 23.8 Å². The van der Waals surface area contributed by atoms with Crippen LogP contribution in [-0.4, -0.2) is 31.1 Å². The summed E-state index contributed by atoms with van der Waals surface area (Å²) in [5.41, 5.74) is 3.65. The Bertz CT molecular complexity index is 480. The van der Waals surface area contributed by atoms with Gasteiger partial charge in [0.05, 0.1) is 6.04 Å². The van der Waals surface area contributed by atoms with Gasteiger partial charge in [0.15, 0.2) is 5.17 Å². The van der Waals surface area contributed by atoms with Gasteiger partial charge < -0.3 is 10.2 Å². The molecule has 1 unspecified atom stereocenters. The molecule has 3 nitrogen and oxygen atoms in total. The molecule has 0 spiro atoms. The molecular weight excluding hydrogens is 254 g/mol. The highest BCUT2D eigenvalue weighted by atomic mass is 32.2. The summed E-state index contributed by atoms with van der Waals surface area (Å²) >= 11 is 1.82. The van der Waals surface area contributed by atoms with Crippen molar-refractivity contribution in [1.29, 1.82) is 0 Å². The van der Waals surface area contributed by atoms with Gasteiger partial charge in [0.25, 0.3) is 0 Å². The number of amidine groups is 1. The third-order valence-electron chi connectivity index (χ3n) is 3.39. The summed E-state index contributed by atoms with van der Waals surface area (Å²) in [6.45, 7) is 6.59. The maximum Gasteiger partial charge on any atom is 0.161 e. The van der Waals surface area contributed by atoms with E-state index in [0.717, 1.165) is 16.6 Å². The van der Waals surface area contributed by atoms with Gasteiger partial charge in [-0.1, -0.05) is 31.7 Å². The fourth-order valence-electron chi connectivity index (χ4n) is 2.09. The zero-order valence-corrected chi connectivity index (χ0v) is 13.2. The molecule has 1 heterocycles. The Morgan fingerprint density at radius 1 is 1.37 bits per heavy atom. The van der Waals surface area contributed by atoms with Crippen molar-refractivity contribution in [2.75, 3.05) is 30.1 Å². The van der Waals surface area contributed by atoms with Gasteiger partial charge in [-0.25, -0.2) is 0 Å². The minimum atomic E-state index is 0.450. The first-order valence-electron chi connectivity index (χ1n) is 6.73. The molecule has 4 heteroatoms. The van der Waals surface area contributed by atoms with Gasteiger partial charge in [-0.05, 0) is 30.5 Å². The zero-order valence-electron chi connectivity index (χ0n) is 12.4. The summed E-state index contributed by atoms with van der Waals surface area (Å²) in [5, 5.41) is 4.48. The molecule has 19 heavy (non-hydrogen) atoms. The van der Waals surface area contributed by atoms with Crippen LogP contribution >= 0.6 is 11.8 Å². The second-order valence-corrected chi connectivity index (χ2v) is 6.59. The topological polar surface area (TPSA) is 27.6 Å². The zero-order chi connectivity index (χ0) is 14.0. The molecule has 104 valence electrons. The maximum atomic E-state index is 4.73. The van der Waals surface area contributed by atoms with Crippen molar-refractivity contribution >= 4 is 28.3 Å². The molecule has 0 amide bonds. The van der Waals surface area contributed by atoms with Crippen LogP contribution < -0.4 is 10.2 Å². The number of benzene rings is 1. The van der Waals surface area contributed by atoms with Crippen LogP contribution in [0.5, 0.6) is 0 Å². The predicted molar refractivity (Wildman–Crippen MR) is 87.6 cm³/mol. The molecule has 1 aromatic carbocycles. The summed E-state index contributed by atoms with van der Waals surface area (Å²) in [6, 6.07) is 6.90. The molecule has 0 bridgehead atoms. The van der Waals surface area contributed by atoms with Crippen LogP contribution in [0.25, 0.3) is 0 Å². The molecule has 0 aromatic heterocycles. The molecule has 1 aliphatic heterocycles. The molecule has 1 aliphatic rings. The van der Waals surface area contributed by atoms with E-state index in [9.17, 15) is 0 Å². The number of nitrogens with one attached hydrogen (secondary N) is 1. The Hall–Kier alpha value is -1.16. The second kappa shape index (κ2) is 5.87. The lowest BCUT2D eigenvalue weighted by Crippen LogP contribution is -2.13. The number of nitrogens with zero attached hydrogens (tertiary/aromatic N) is 2. The van der Waals surface area contributed by atoms with Crippen molar-refractivity contribution in [1.82, 2.24) is 0 Å². The normalized spacial score (nSPS) is 18.6. The van der Waals surface area contributed by atoms with Crippen LogP contribution in [-0.2, 0) is 0 Å².